The molecule has 1 heterocycles. The number of rotatable bonds is 11. The lowest BCUT2D eigenvalue weighted by atomic mass is 10.3. The van der Waals surface area contributed by atoms with Gasteiger partial charge in [-0.3, -0.25) is 9.89 Å². The van der Waals surface area contributed by atoms with Crippen LogP contribution in [0.25, 0.3) is 0 Å². The van der Waals surface area contributed by atoms with Gasteiger partial charge in [-0.2, -0.15) is 5.10 Å². The SMILES string of the molecule is CCC(C)NS(=O)(=O)c1ccc(OCC(=O)NCCSc2ncn[nH]2)cc1. The Bertz CT molecular complexity index is 810. The molecule has 1 amide bonds. The van der Waals surface area contributed by atoms with E-state index in [2.05, 4.69) is 25.2 Å². The molecule has 0 fully saturated rings. The molecule has 0 radical (unpaired) electrons. The Hall–Kier alpha value is -2.11. The molecule has 0 aliphatic heterocycles. The second-order valence-electron chi connectivity index (χ2n) is 5.68. The summed E-state index contributed by atoms with van der Waals surface area (Å²) in [6.07, 6.45) is 2.12. The molecule has 3 N–H and O–H groups in total. The molecule has 11 heteroatoms. The molecule has 2 rings (SSSR count). The molecule has 148 valence electrons. The minimum atomic E-state index is -3.55. The van der Waals surface area contributed by atoms with Crippen LogP contribution >= 0.6 is 11.8 Å². The van der Waals surface area contributed by atoms with E-state index in [0.717, 1.165) is 0 Å². The molecule has 0 saturated heterocycles. The number of hydrogen-bond donors (Lipinski definition) is 3. The fraction of sp³-hybridized carbons (Fsp3) is 0.438. The summed E-state index contributed by atoms with van der Waals surface area (Å²) < 4.78 is 32.3. The molecule has 1 atom stereocenters. The van der Waals surface area contributed by atoms with Crippen molar-refractivity contribution in [2.45, 2.75) is 36.4 Å². The van der Waals surface area contributed by atoms with Gasteiger partial charge in [0.1, 0.15) is 12.1 Å². The minimum Gasteiger partial charge on any atom is -0.484 e. The second kappa shape index (κ2) is 10.3. The van der Waals surface area contributed by atoms with E-state index in [4.69, 9.17) is 4.74 Å². The molecular formula is C16H23N5O4S2. The summed E-state index contributed by atoms with van der Waals surface area (Å²) >= 11 is 1.45. The first kappa shape index (κ1) is 21.2. The van der Waals surface area contributed by atoms with Crippen LogP contribution in [-0.2, 0) is 14.8 Å². The molecular weight excluding hydrogens is 390 g/mol. The van der Waals surface area contributed by atoms with Crippen LogP contribution in [0.15, 0.2) is 40.6 Å². The zero-order valence-corrected chi connectivity index (χ0v) is 16.8. The number of aromatic amines is 1. The highest BCUT2D eigenvalue weighted by atomic mass is 32.2. The fourth-order valence-electron chi connectivity index (χ4n) is 1.93. The average Bonchev–Trinajstić information content (AvgIpc) is 3.17. The van der Waals surface area contributed by atoms with E-state index in [0.29, 0.717) is 29.6 Å². The number of H-pyrrole nitrogens is 1. The number of benzene rings is 1. The van der Waals surface area contributed by atoms with Crippen molar-refractivity contribution in [3.8, 4) is 5.75 Å². The minimum absolute atomic E-state index is 0.142. The normalized spacial score (nSPS) is 12.5. The van der Waals surface area contributed by atoms with Crippen LogP contribution in [0.1, 0.15) is 20.3 Å². The van der Waals surface area contributed by atoms with E-state index in [1.165, 1.54) is 42.4 Å². The molecule has 0 saturated carbocycles. The zero-order valence-electron chi connectivity index (χ0n) is 15.1. The lowest BCUT2D eigenvalue weighted by molar-refractivity contribution is -0.122. The number of ether oxygens (including phenoxy) is 1. The van der Waals surface area contributed by atoms with E-state index >= 15 is 0 Å². The molecule has 1 aromatic heterocycles. The van der Waals surface area contributed by atoms with Crippen LogP contribution < -0.4 is 14.8 Å². The molecule has 0 aliphatic rings. The van der Waals surface area contributed by atoms with Crippen LogP contribution in [0, 0.1) is 0 Å². The third-order valence-electron chi connectivity index (χ3n) is 3.53. The predicted molar refractivity (Wildman–Crippen MR) is 102 cm³/mol. The highest BCUT2D eigenvalue weighted by Crippen LogP contribution is 2.16. The summed E-state index contributed by atoms with van der Waals surface area (Å²) in [4.78, 5) is 15.9. The summed E-state index contributed by atoms with van der Waals surface area (Å²) in [5, 5.41) is 9.87. The average molecular weight is 414 g/mol. The standard InChI is InChI=1S/C16H23N5O4S2/c1-3-12(2)21-27(23,24)14-6-4-13(5-7-14)25-10-15(22)17-8-9-26-16-18-11-19-20-16/h4-7,11-12,21H,3,8-10H2,1-2H3,(H,17,22)(H,18,19,20). The van der Waals surface area contributed by atoms with Gasteiger partial charge in [0, 0.05) is 18.3 Å². The quantitative estimate of drug-likeness (QED) is 0.373. The zero-order chi connectivity index (χ0) is 19.7. The second-order valence-corrected chi connectivity index (χ2v) is 8.48. The third-order valence-corrected chi connectivity index (χ3v) is 6.01. The topological polar surface area (TPSA) is 126 Å². The highest BCUT2D eigenvalue weighted by Gasteiger charge is 2.16. The summed E-state index contributed by atoms with van der Waals surface area (Å²) in [6.45, 7) is 4.02. The Labute approximate surface area is 162 Å². The molecule has 27 heavy (non-hydrogen) atoms. The lowest BCUT2D eigenvalue weighted by Crippen LogP contribution is -2.32. The smallest absolute Gasteiger partial charge is 0.257 e. The first-order valence-corrected chi connectivity index (χ1v) is 10.9. The van der Waals surface area contributed by atoms with E-state index in [9.17, 15) is 13.2 Å². The Morgan fingerprint density at radius 2 is 2.07 bits per heavy atom. The van der Waals surface area contributed by atoms with Crippen molar-refractivity contribution < 1.29 is 17.9 Å². The molecule has 1 aromatic carbocycles. The van der Waals surface area contributed by atoms with Crippen molar-refractivity contribution in [1.82, 2.24) is 25.2 Å². The van der Waals surface area contributed by atoms with Gasteiger partial charge in [0.2, 0.25) is 10.0 Å². The molecule has 1 unspecified atom stereocenters. The van der Waals surface area contributed by atoms with Crippen LogP contribution in [0.3, 0.4) is 0 Å². The number of hydrogen-bond acceptors (Lipinski definition) is 7. The Morgan fingerprint density at radius 1 is 1.33 bits per heavy atom. The van der Waals surface area contributed by atoms with E-state index in [1.54, 1.807) is 6.92 Å². The van der Waals surface area contributed by atoms with Crippen molar-refractivity contribution in [1.29, 1.82) is 0 Å². The number of nitrogens with zero attached hydrogens (tertiary/aromatic N) is 2. The van der Waals surface area contributed by atoms with Crippen molar-refractivity contribution in [2.75, 3.05) is 18.9 Å². The largest absolute Gasteiger partial charge is 0.484 e. The van der Waals surface area contributed by atoms with Crippen LogP contribution in [0.4, 0.5) is 0 Å². The third kappa shape index (κ3) is 7.19. The fourth-order valence-corrected chi connectivity index (χ4v) is 3.90. The molecule has 0 spiro atoms. The summed E-state index contributed by atoms with van der Waals surface area (Å²) in [7, 11) is -3.55. The number of carbonyl (C=O) groups is 1. The van der Waals surface area contributed by atoms with Gasteiger partial charge in [0.25, 0.3) is 5.91 Å². The van der Waals surface area contributed by atoms with Gasteiger partial charge in [0.15, 0.2) is 11.8 Å². The van der Waals surface area contributed by atoms with Gasteiger partial charge < -0.3 is 10.1 Å². The van der Waals surface area contributed by atoms with E-state index in [1.807, 2.05) is 6.92 Å². The first-order valence-electron chi connectivity index (χ1n) is 8.40. The van der Waals surface area contributed by atoms with Crippen LogP contribution in [0.2, 0.25) is 0 Å². The monoisotopic (exact) mass is 413 g/mol. The molecule has 2 aromatic rings. The maximum atomic E-state index is 12.2. The maximum absolute atomic E-state index is 12.2. The maximum Gasteiger partial charge on any atom is 0.257 e. The van der Waals surface area contributed by atoms with Gasteiger partial charge in [-0.25, -0.2) is 18.1 Å². The van der Waals surface area contributed by atoms with Gasteiger partial charge >= 0.3 is 0 Å². The van der Waals surface area contributed by atoms with Crippen LogP contribution in [-0.4, -0.2) is 54.5 Å². The van der Waals surface area contributed by atoms with Gasteiger partial charge in [0.05, 0.1) is 4.90 Å². The van der Waals surface area contributed by atoms with Gasteiger partial charge in [-0.15, -0.1) is 0 Å². The predicted octanol–water partition coefficient (Wildman–Crippen LogP) is 1.17. The molecule has 0 bridgehead atoms. The summed E-state index contributed by atoms with van der Waals surface area (Å²) in [5.74, 6) is 0.809. The van der Waals surface area contributed by atoms with Crippen molar-refractivity contribution in [2.24, 2.45) is 0 Å². The summed E-state index contributed by atoms with van der Waals surface area (Å²) in [5.41, 5.74) is 0. The van der Waals surface area contributed by atoms with Crippen molar-refractivity contribution in [3.63, 3.8) is 0 Å². The Morgan fingerprint density at radius 3 is 2.70 bits per heavy atom. The molecule has 9 nitrogen and oxygen atoms in total. The number of amides is 1. The van der Waals surface area contributed by atoms with Gasteiger partial charge in [-0.05, 0) is 37.6 Å². The van der Waals surface area contributed by atoms with E-state index < -0.39 is 10.0 Å². The first-order chi connectivity index (χ1) is 12.9. The van der Waals surface area contributed by atoms with Gasteiger partial charge in [-0.1, -0.05) is 18.7 Å². The van der Waals surface area contributed by atoms with Crippen molar-refractivity contribution in [3.05, 3.63) is 30.6 Å². The summed E-state index contributed by atoms with van der Waals surface area (Å²) in [6, 6.07) is 5.81. The number of sulfonamides is 1. The Balaban J connectivity index is 1.73. The highest BCUT2D eigenvalue weighted by molar-refractivity contribution is 7.99. The number of nitrogens with one attached hydrogen (secondary N) is 3. The molecule has 0 aliphatic carbocycles. The Kier molecular flexibility index (Phi) is 8.07. The number of thioether (sulfide) groups is 1. The lowest BCUT2D eigenvalue weighted by Gasteiger charge is -2.12. The number of carbonyl (C=O) groups excluding carboxylic acids is 1. The van der Waals surface area contributed by atoms with Crippen LogP contribution in [0.5, 0.6) is 5.75 Å². The number of aromatic nitrogens is 3. The van der Waals surface area contributed by atoms with Crippen molar-refractivity contribution >= 4 is 27.7 Å². The van der Waals surface area contributed by atoms with E-state index in [-0.39, 0.29) is 23.5 Å².